The fraction of sp³-hybridized carbons (Fsp3) is 0.714. The lowest BCUT2D eigenvalue weighted by Crippen LogP contribution is -2.43. The first-order valence-electron chi connectivity index (χ1n) is 6.80. The van der Waals surface area contributed by atoms with Gasteiger partial charge in [0.2, 0.25) is 0 Å². The van der Waals surface area contributed by atoms with Crippen LogP contribution in [-0.4, -0.2) is 18.3 Å². The van der Waals surface area contributed by atoms with E-state index in [-0.39, 0.29) is 18.5 Å². The van der Waals surface area contributed by atoms with E-state index in [1.165, 1.54) is 4.88 Å². The smallest absolute Gasteiger partial charge is 0.311 e. The van der Waals surface area contributed by atoms with Gasteiger partial charge in [-0.2, -0.15) is 13.2 Å². The van der Waals surface area contributed by atoms with Crippen LogP contribution < -0.4 is 5.32 Å². The first kappa shape index (κ1) is 14.9. The highest BCUT2D eigenvalue weighted by Gasteiger charge is 2.42. The molecule has 1 heterocycles. The van der Waals surface area contributed by atoms with Gasteiger partial charge in [-0.25, -0.2) is 0 Å². The van der Waals surface area contributed by atoms with E-state index in [1.54, 1.807) is 11.3 Å². The van der Waals surface area contributed by atoms with E-state index >= 15 is 0 Å². The Morgan fingerprint density at radius 1 is 1.42 bits per heavy atom. The Balaban J connectivity index is 1.82. The zero-order valence-electron chi connectivity index (χ0n) is 11.0. The van der Waals surface area contributed by atoms with Crippen molar-refractivity contribution in [3.63, 3.8) is 0 Å². The molecule has 19 heavy (non-hydrogen) atoms. The molecule has 1 aliphatic carbocycles. The van der Waals surface area contributed by atoms with Crippen molar-refractivity contribution >= 4 is 11.3 Å². The van der Waals surface area contributed by atoms with Gasteiger partial charge in [-0.05, 0) is 44.1 Å². The first-order valence-corrected chi connectivity index (χ1v) is 7.68. The fourth-order valence-electron chi connectivity index (χ4n) is 2.83. The average molecular weight is 291 g/mol. The third-order valence-electron chi connectivity index (χ3n) is 3.74. The van der Waals surface area contributed by atoms with Crippen LogP contribution in [-0.2, 0) is 6.42 Å². The second kappa shape index (κ2) is 6.27. The summed E-state index contributed by atoms with van der Waals surface area (Å²) in [4.78, 5) is 1.28. The maximum Gasteiger partial charge on any atom is 0.391 e. The van der Waals surface area contributed by atoms with Gasteiger partial charge in [0, 0.05) is 17.0 Å². The zero-order valence-corrected chi connectivity index (χ0v) is 11.9. The van der Waals surface area contributed by atoms with E-state index in [4.69, 9.17) is 0 Å². The van der Waals surface area contributed by atoms with Crippen LogP contribution in [0.3, 0.4) is 0 Å². The minimum absolute atomic E-state index is 0.00957. The molecule has 0 saturated heterocycles. The largest absolute Gasteiger partial charge is 0.391 e. The van der Waals surface area contributed by atoms with Crippen LogP contribution in [0.2, 0.25) is 0 Å². The Kier molecular flexibility index (Phi) is 4.90. The van der Waals surface area contributed by atoms with Crippen molar-refractivity contribution in [3.05, 3.63) is 22.4 Å². The van der Waals surface area contributed by atoms with Crippen LogP contribution in [0.15, 0.2) is 17.5 Å². The lowest BCUT2D eigenvalue weighted by molar-refractivity contribution is -0.183. The topological polar surface area (TPSA) is 12.0 Å². The third-order valence-corrected chi connectivity index (χ3v) is 4.64. The van der Waals surface area contributed by atoms with Crippen molar-refractivity contribution in [1.29, 1.82) is 0 Å². The molecule has 1 nitrogen and oxygen atoms in total. The summed E-state index contributed by atoms with van der Waals surface area (Å²) in [5.74, 6) is -1.12. The van der Waals surface area contributed by atoms with E-state index < -0.39 is 12.1 Å². The van der Waals surface area contributed by atoms with Gasteiger partial charge in [0.05, 0.1) is 5.92 Å². The minimum Gasteiger partial charge on any atom is -0.311 e. The Hall–Kier alpha value is -0.550. The summed E-state index contributed by atoms with van der Waals surface area (Å²) in [6, 6.07) is 4.32. The van der Waals surface area contributed by atoms with Crippen molar-refractivity contribution in [2.75, 3.05) is 0 Å². The summed E-state index contributed by atoms with van der Waals surface area (Å²) in [6.45, 7) is 2.05. The molecule has 1 fully saturated rings. The molecule has 0 amide bonds. The van der Waals surface area contributed by atoms with E-state index in [1.807, 2.05) is 11.4 Å². The van der Waals surface area contributed by atoms with Gasteiger partial charge < -0.3 is 5.32 Å². The van der Waals surface area contributed by atoms with Gasteiger partial charge in [0.15, 0.2) is 0 Å². The molecule has 0 bridgehead atoms. The van der Waals surface area contributed by atoms with Gasteiger partial charge in [-0.3, -0.25) is 0 Å². The number of halogens is 3. The zero-order chi connectivity index (χ0) is 13.9. The number of nitrogens with one attached hydrogen (secondary N) is 1. The van der Waals surface area contributed by atoms with Crippen LogP contribution in [0, 0.1) is 5.92 Å². The second-order valence-corrected chi connectivity index (χ2v) is 6.49. The highest BCUT2D eigenvalue weighted by atomic mass is 32.1. The first-order chi connectivity index (χ1) is 8.95. The van der Waals surface area contributed by atoms with Crippen LogP contribution in [0.4, 0.5) is 13.2 Å². The fourth-order valence-corrected chi connectivity index (χ4v) is 3.67. The van der Waals surface area contributed by atoms with Crippen molar-refractivity contribution in [2.45, 2.75) is 57.3 Å². The number of hydrogen-bond acceptors (Lipinski definition) is 2. The van der Waals surface area contributed by atoms with Gasteiger partial charge >= 0.3 is 6.18 Å². The monoisotopic (exact) mass is 291 g/mol. The molecule has 0 spiro atoms. The molecule has 0 aliphatic heterocycles. The predicted octanol–water partition coefficient (Wildman–Crippen LogP) is 4.39. The second-order valence-electron chi connectivity index (χ2n) is 5.45. The van der Waals surface area contributed by atoms with E-state index in [2.05, 4.69) is 18.3 Å². The summed E-state index contributed by atoms with van der Waals surface area (Å²) in [5.41, 5.74) is 0. The molecule has 0 aromatic carbocycles. The van der Waals surface area contributed by atoms with Crippen LogP contribution in [0.5, 0.6) is 0 Å². The molecular weight excluding hydrogens is 271 g/mol. The Morgan fingerprint density at radius 3 is 2.84 bits per heavy atom. The Morgan fingerprint density at radius 2 is 2.21 bits per heavy atom. The molecule has 5 heteroatoms. The lowest BCUT2D eigenvalue weighted by Gasteiger charge is -2.32. The van der Waals surface area contributed by atoms with Crippen molar-refractivity contribution in [3.8, 4) is 0 Å². The Bertz CT molecular complexity index is 375. The standard InChI is InChI=1S/C14H20F3NS/c1-10(8-13-6-3-7-19-13)18-12-5-2-4-11(9-12)14(15,16)17/h3,6-7,10-12,18H,2,4-5,8-9H2,1H3. The van der Waals surface area contributed by atoms with Gasteiger partial charge in [-0.15, -0.1) is 11.3 Å². The molecule has 1 aliphatic rings. The molecular formula is C14H20F3NS. The molecule has 1 aromatic rings. The molecule has 0 radical (unpaired) electrons. The van der Waals surface area contributed by atoms with Gasteiger partial charge in [0.1, 0.15) is 0 Å². The molecule has 1 saturated carbocycles. The van der Waals surface area contributed by atoms with Gasteiger partial charge in [0.25, 0.3) is 0 Å². The maximum atomic E-state index is 12.7. The van der Waals surface area contributed by atoms with Crippen molar-refractivity contribution in [2.24, 2.45) is 5.92 Å². The highest BCUT2D eigenvalue weighted by molar-refractivity contribution is 7.09. The Labute approximate surface area is 116 Å². The average Bonchev–Trinajstić information content (AvgIpc) is 2.80. The maximum absolute atomic E-state index is 12.7. The predicted molar refractivity (Wildman–Crippen MR) is 72.4 cm³/mol. The van der Waals surface area contributed by atoms with E-state index in [9.17, 15) is 13.2 Å². The molecule has 2 rings (SSSR count). The summed E-state index contributed by atoms with van der Waals surface area (Å²) in [7, 11) is 0. The van der Waals surface area contributed by atoms with E-state index in [0.29, 0.717) is 12.8 Å². The van der Waals surface area contributed by atoms with E-state index in [0.717, 1.165) is 12.8 Å². The number of hydrogen-bond donors (Lipinski definition) is 1. The lowest BCUT2D eigenvalue weighted by atomic mass is 9.85. The van der Waals surface area contributed by atoms with Crippen molar-refractivity contribution < 1.29 is 13.2 Å². The van der Waals surface area contributed by atoms with Crippen molar-refractivity contribution in [1.82, 2.24) is 5.32 Å². The molecule has 1 N–H and O–H groups in total. The molecule has 3 unspecified atom stereocenters. The molecule has 1 aromatic heterocycles. The summed E-state index contributed by atoms with van der Waals surface area (Å²) < 4.78 is 38.2. The number of thiophene rings is 1. The summed E-state index contributed by atoms with van der Waals surface area (Å²) in [5, 5.41) is 5.40. The molecule has 108 valence electrons. The van der Waals surface area contributed by atoms with Crippen LogP contribution in [0.1, 0.15) is 37.5 Å². The third kappa shape index (κ3) is 4.49. The minimum atomic E-state index is -4.03. The normalized spacial score (nSPS) is 26.3. The quantitative estimate of drug-likeness (QED) is 0.867. The van der Waals surface area contributed by atoms with Crippen LogP contribution in [0.25, 0.3) is 0 Å². The highest BCUT2D eigenvalue weighted by Crippen LogP contribution is 2.37. The van der Waals surface area contributed by atoms with Gasteiger partial charge in [-0.1, -0.05) is 12.5 Å². The van der Waals surface area contributed by atoms with Crippen LogP contribution >= 0.6 is 11.3 Å². The summed E-state index contributed by atoms with van der Waals surface area (Å²) in [6.07, 6.45) is -1.07. The summed E-state index contributed by atoms with van der Waals surface area (Å²) >= 11 is 1.70. The molecule has 3 atom stereocenters. The number of alkyl halides is 3. The SMILES string of the molecule is CC(Cc1cccs1)NC1CCCC(C(F)(F)F)C1. The number of rotatable bonds is 4.